The third kappa shape index (κ3) is 2.12. The second kappa shape index (κ2) is 4.45. The van der Waals surface area contributed by atoms with Gasteiger partial charge in [-0.25, -0.2) is 0 Å². The fraction of sp³-hybridized carbons (Fsp3) is 0.0769. The predicted molar refractivity (Wildman–Crippen MR) is 63.9 cm³/mol. The summed E-state index contributed by atoms with van der Waals surface area (Å²) in [5, 5.41) is 18.4. The van der Waals surface area contributed by atoms with Gasteiger partial charge in [-0.05, 0) is 23.8 Å². The monoisotopic (exact) mass is 234 g/mol. The molecule has 0 aliphatic carbocycles. The van der Waals surface area contributed by atoms with Crippen LogP contribution in [0.1, 0.15) is 16.5 Å². The SMILES string of the molecule is Oc1ccc(C(Cl)c2ccccc2O)cc1. The van der Waals surface area contributed by atoms with E-state index in [0.29, 0.717) is 5.56 Å². The van der Waals surface area contributed by atoms with Gasteiger partial charge in [0.1, 0.15) is 11.5 Å². The van der Waals surface area contributed by atoms with Crippen LogP contribution < -0.4 is 0 Å². The van der Waals surface area contributed by atoms with Crippen molar-refractivity contribution in [1.29, 1.82) is 0 Å². The van der Waals surface area contributed by atoms with Crippen molar-refractivity contribution in [2.45, 2.75) is 5.38 Å². The maximum absolute atomic E-state index is 9.66. The molecule has 3 heteroatoms. The van der Waals surface area contributed by atoms with Crippen molar-refractivity contribution in [2.24, 2.45) is 0 Å². The normalized spacial score (nSPS) is 12.3. The summed E-state index contributed by atoms with van der Waals surface area (Å²) in [7, 11) is 0. The van der Waals surface area contributed by atoms with Gasteiger partial charge in [0.2, 0.25) is 0 Å². The van der Waals surface area contributed by atoms with Gasteiger partial charge in [-0.2, -0.15) is 0 Å². The van der Waals surface area contributed by atoms with Crippen molar-refractivity contribution in [2.75, 3.05) is 0 Å². The fourth-order valence-electron chi connectivity index (χ4n) is 1.52. The lowest BCUT2D eigenvalue weighted by Crippen LogP contribution is -1.93. The third-order valence-corrected chi connectivity index (χ3v) is 2.88. The number of rotatable bonds is 2. The van der Waals surface area contributed by atoms with Crippen molar-refractivity contribution in [3.63, 3.8) is 0 Å². The highest BCUT2D eigenvalue weighted by atomic mass is 35.5. The second-order valence-corrected chi connectivity index (χ2v) is 3.95. The van der Waals surface area contributed by atoms with E-state index in [1.807, 2.05) is 6.07 Å². The number of benzene rings is 2. The van der Waals surface area contributed by atoms with E-state index >= 15 is 0 Å². The van der Waals surface area contributed by atoms with Crippen LogP contribution in [0.2, 0.25) is 0 Å². The molecule has 0 aliphatic heterocycles. The van der Waals surface area contributed by atoms with Gasteiger partial charge in [-0.3, -0.25) is 0 Å². The largest absolute Gasteiger partial charge is 0.508 e. The molecule has 82 valence electrons. The Labute approximate surface area is 98.7 Å². The first kappa shape index (κ1) is 10.8. The van der Waals surface area contributed by atoms with Crippen LogP contribution in [-0.2, 0) is 0 Å². The van der Waals surface area contributed by atoms with Gasteiger partial charge in [0.15, 0.2) is 0 Å². The van der Waals surface area contributed by atoms with Crippen LogP contribution in [0, 0.1) is 0 Å². The van der Waals surface area contributed by atoms with E-state index in [1.54, 1.807) is 42.5 Å². The summed E-state index contributed by atoms with van der Waals surface area (Å²) < 4.78 is 0. The summed E-state index contributed by atoms with van der Waals surface area (Å²) in [5.41, 5.74) is 1.50. The van der Waals surface area contributed by atoms with E-state index in [1.165, 1.54) is 0 Å². The average molecular weight is 235 g/mol. The molecule has 0 aliphatic rings. The molecule has 2 N–H and O–H groups in total. The van der Waals surface area contributed by atoms with Crippen LogP contribution in [0.3, 0.4) is 0 Å². The molecular weight excluding hydrogens is 224 g/mol. The summed E-state index contributed by atoms with van der Waals surface area (Å²) in [4.78, 5) is 0. The lowest BCUT2D eigenvalue weighted by Gasteiger charge is -2.11. The van der Waals surface area contributed by atoms with Crippen molar-refractivity contribution in [3.8, 4) is 11.5 Å². The number of aromatic hydroxyl groups is 2. The van der Waals surface area contributed by atoms with Crippen LogP contribution >= 0.6 is 11.6 Å². The standard InChI is InChI=1S/C13H11ClO2/c14-13(9-5-7-10(15)8-6-9)11-3-1-2-4-12(11)16/h1-8,13,15-16H. The lowest BCUT2D eigenvalue weighted by atomic mass is 10.0. The first-order valence-electron chi connectivity index (χ1n) is 4.89. The molecule has 0 heterocycles. The minimum atomic E-state index is -0.415. The van der Waals surface area contributed by atoms with E-state index < -0.39 is 5.38 Å². The van der Waals surface area contributed by atoms with Crippen LogP contribution in [0.5, 0.6) is 11.5 Å². The average Bonchev–Trinajstić information content (AvgIpc) is 2.30. The molecule has 0 fully saturated rings. The third-order valence-electron chi connectivity index (χ3n) is 2.40. The van der Waals surface area contributed by atoms with Gasteiger partial charge in [0.05, 0.1) is 5.38 Å². The molecule has 0 spiro atoms. The Kier molecular flexibility index (Phi) is 3.02. The molecule has 2 nitrogen and oxygen atoms in total. The van der Waals surface area contributed by atoms with Crippen LogP contribution in [0.15, 0.2) is 48.5 Å². The molecule has 1 atom stereocenters. The topological polar surface area (TPSA) is 40.5 Å². The molecule has 2 aromatic rings. The van der Waals surface area contributed by atoms with E-state index in [0.717, 1.165) is 5.56 Å². The Balaban J connectivity index is 2.35. The molecule has 16 heavy (non-hydrogen) atoms. The smallest absolute Gasteiger partial charge is 0.120 e. The summed E-state index contributed by atoms with van der Waals surface area (Å²) in [6.07, 6.45) is 0. The highest BCUT2D eigenvalue weighted by Crippen LogP contribution is 2.34. The highest BCUT2D eigenvalue weighted by molar-refractivity contribution is 6.22. The number of halogens is 1. The first-order valence-corrected chi connectivity index (χ1v) is 5.33. The maximum Gasteiger partial charge on any atom is 0.120 e. The Morgan fingerprint density at radius 2 is 1.50 bits per heavy atom. The molecule has 0 bridgehead atoms. The summed E-state index contributed by atoms with van der Waals surface area (Å²) >= 11 is 6.25. The van der Waals surface area contributed by atoms with Crippen molar-refractivity contribution < 1.29 is 10.2 Å². The van der Waals surface area contributed by atoms with Gasteiger partial charge in [-0.15, -0.1) is 11.6 Å². The second-order valence-electron chi connectivity index (χ2n) is 3.51. The molecule has 0 radical (unpaired) electrons. The molecule has 0 saturated carbocycles. The lowest BCUT2D eigenvalue weighted by molar-refractivity contribution is 0.469. The van der Waals surface area contributed by atoms with Gasteiger partial charge in [0, 0.05) is 5.56 Å². The van der Waals surface area contributed by atoms with Crippen molar-refractivity contribution >= 4 is 11.6 Å². The Morgan fingerprint density at radius 3 is 2.12 bits per heavy atom. The van der Waals surface area contributed by atoms with Gasteiger partial charge in [0.25, 0.3) is 0 Å². The molecule has 1 unspecified atom stereocenters. The summed E-state index contributed by atoms with van der Waals surface area (Å²) in [5.74, 6) is 0.375. The van der Waals surface area contributed by atoms with Gasteiger partial charge < -0.3 is 10.2 Å². The minimum absolute atomic E-state index is 0.176. The number of hydrogen-bond donors (Lipinski definition) is 2. The zero-order valence-corrected chi connectivity index (χ0v) is 9.22. The van der Waals surface area contributed by atoms with Crippen LogP contribution in [0.25, 0.3) is 0 Å². The first-order chi connectivity index (χ1) is 7.68. The van der Waals surface area contributed by atoms with E-state index in [-0.39, 0.29) is 11.5 Å². The van der Waals surface area contributed by atoms with Gasteiger partial charge >= 0.3 is 0 Å². The van der Waals surface area contributed by atoms with Crippen molar-refractivity contribution in [1.82, 2.24) is 0 Å². The predicted octanol–water partition coefficient (Wildman–Crippen LogP) is 3.43. The fourth-order valence-corrected chi connectivity index (χ4v) is 1.85. The number of hydrogen-bond acceptors (Lipinski definition) is 2. The van der Waals surface area contributed by atoms with Crippen LogP contribution in [0.4, 0.5) is 0 Å². The van der Waals surface area contributed by atoms with E-state index in [4.69, 9.17) is 11.6 Å². The molecular formula is C13H11ClO2. The minimum Gasteiger partial charge on any atom is -0.508 e. The number of para-hydroxylation sites is 1. The highest BCUT2D eigenvalue weighted by Gasteiger charge is 2.13. The summed E-state index contributed by atoms with van der Waals surface area (Å²) in [6.45, 7) is 0. The Bertz CT molecular complexity index is 480. The zero-order valence-electron chi connectivity index (χ0n) is 8.47. The molecule has 2 rings (SSSR count). The van der Waals surface area contributed by atoms with Crippen molar-refractivity contribution in [3.05, 3.63) is 59.7 Å². The number of alkyl halides is 1. The molecule has 0 amide bonds. The van der Waals surface area contributed by atoms with Crippen LogP contribution in [-0.4, -0.2) is 10.2 Å². The van der Waals surface area contributed by atoms with E-state index in [9.17, 15) is 10.2 Å². The Morgan fingerprint density at radius 1 is 0.875 bits per heavy atom. The van der Waals surface area contributed by atoms with Gasteiger partial charge in [-0.1, -0.05) is 30.3 Å². The summed E-state index contributed by atoms with van der Waals surface area (Å²) in [6, 6.07) is 13.6. The quantitative estimate of drug-likeness (QED) is 0.782. The Hall–Kier alpha value is -1.67. The molecule has 0 aromatic heterocycles. The maximum atomic E-state index is 9.66. The van der Waals surface area contributed by atoms with E-state index in [2.05, 4.69) is 0 Å². The molecule has 2 aromatic carbocycles. The number of phenolic OH excluding ortho intramolecular Hbond substituents is 2. The molecule has 0 saturated heterocycles. The number of phenols is 2. The zero-order chi connectivity index (χ0) is 11.5.